The molecule has 0 saturated heterocycles. The highest BCUT2D eigenvalue weighted by Gasteiger charge is 2.06. The normalized spacial score (nSPS) is 14.6. The van der Waals surface area contributed by atoms with Gasteiger partial charge in [-0.1, -0.05) is 0 Å². The molecule has 0 aromatic carbocycles. The minimum Gasteiger partial charge on any atom is -0.336 e. The van der Waals surface area contributed by atoms with E-state index in [0.29, 0.717) is 12.5 Å². The fourth-order valence-corrected chi connectivity index (χ4v) is 1.45. The summed E-state index contributed by atoms with van der Waals surface area (Å²) in [6.07, 6.45) is 6.06. The maximum absolute atomic E-state index is 8.50. The SMILES string of the molecule is CC(CC#N)NC(C)Cn1ccnc1. The summed E-state index contributed by atoms with van der Waals surface area (Å²) >= 11 is 0. The standard InChI is InChI=1S/C10H16N4/c1-9(3-4-11)13-10(2)7-14-6-5-12-8-14/h5-6,8-10,13H,3,7H2,1-2H3. The van der Waals surface area contributed by atoms with Crippen molar-refractivity contribution >= 4 is 0 Å². The summed E-state index contributed by atoms with van der Waals surface area (Å²) in [5.74, 6) is 0. The van der Waals surface area contributed by atoms with E-state index in [1.165, 1.54) is 0 Å². The highest BCUT2D eigenvalue weighted by Crippen LogP contribution is 1.95. The lowest BCUT2D eigenvalue weighted by Gasteiger charge is -2.18. The van der Waals surface area contributed by atoms with Crippen LogP contribution in [-0.4, -0.2) is 21.6 Å². The Kier molecular flexibility index (Phi) is 4.14. The van der Waals surface area contributed by atoms with Crippen LogP contribution in [0.1, 0.15) is 20.3 Å². The molecular formula is C10H16N4. The molecule has 1 aromatic heterocycles. The Morgan fingerprint density at radius 1 is 1.50 bits per heavy atom. The van der Waals surface area contributed by atoms with Crippen LogP contribution in [0.2, 0.25) is 0 Å². The van der Waals surface area contributed by atoms with Crippen LogP contribution in [0.25, 0.3) is 0 Å². The van der Waals surface area contributed by atoms with Crippen LogP contribution >= 0.6 is 0 Å². The molecule has 0 spiro atoms. The van der Waals surface area contributed by atoms with E-state index in [1.54, 1.807) is 12.5 Å². The molecule has 0 bridgehead atoms. The average molecular weight is 192 g/mol. The van der Waals surface area contributed by atoms with Crippen molar-refractivity contribution in [3.8, 4) is 6.07 Å². The summed E-state index contributed by atoms with van der Waals surface area (Å²) in [7, 11) is 0. The van der Waals surface area contributed by atoms with E-state index in [0.717, 1.165) is 6.54 Å². The molecule has 1 aromatic rings. The van der Waals surface area contributed by atoms with Crippen molar-refractivity contribution in [3.05, 3.63) is 18.7 Å². The van der Waals surface area contributed by atoms with Crippen LogP contribution in [0.5, 0.6) is 0 Å². The zero-order chi connectivity index (χ0) is 10.4. The minimum absolute atomic E-state index is 0.249. The van der Waals surface area contributed by atoms with Crippen molar-refractivity contribution in [3.63, 3.8) is 0 Å². The van der Waals surface area contributed by atoms with Gasteiger partial charge in [0.1, 0.15) is 0 Å². The Balaban J connectivity index is 2.29. The quantitative estimate of drug-likeness (QED) is 0.761. The van der Waals surface area contributed by atoms with Gasteiger partial charge < -0.3 is 9.88 Å². The summed E-state index contributed by atoms with van der Waals surface area (Å²) in [6.45, 7) is 5.01. The van der Waals surface area contributed by atoms with Gasteiger partial charge in [-0.05, 0) is 13.8 Å². The van der Waals surface area contributed by atoms with Crippen LogP contribution in [0, 0.1) is 11.3 Å². The Morgan fingerprint density at radius 2 is 2.29 bits per heavy atom. The van der Waals surface area contributed by atoms with Gasteiger partial charge in [-0.15, -0.1) is 0 Å². The van der Waals surface area contributed by atoms with Gasteiger partial charge in [0.25, 0.3) is 0 Å². The summed E-state index contributed by atoms with van der Waals surface area (Å²) in [5, 5.41) is 11.8. The third kappa shape index (κ3) is 3.58. The van der Waals surface area contributed by atoms with Gasteiger partial charge in [0.15, 0.2) is 0 Å². The zero-order valence-corrected chi connectivity index (χ0v) is 8.64. The monoisotopic (exact) mass is 192 g/mol. The minimum atomic E-state index is 0.249. The predicted octanol–water partition coefficient (Wildman–Crippen LogP) is 1.16. The van der Waals surface area contributed by atoms with E-state index in [2.05, 4.69) is 23.3 Å². The van der Waals surface area contributed by atoms with Crippen molar-refractivity contribution in [2.24, 2.45) is 0 Å². The number of nitriles is 1. The van der Waals surface area contributed by atoms with Gasteiger partial charge >= 0.3 is 0 Å². The van der Waals surface area contributed by atoms with Crippen LogP contribution in [0.4, 0.5) is 0 Å². The van der Waals surface area contributed by atoms with Gasteiger partial charge in [0.05, 0.1) is 18.8 Å². The van der Waals surface area contributed by atoms with E-state index in [-0.39, 0.29) is 6.04 Å². The highest BCUT2D eigenvalue weighted by atomic mass is 15.1. The number of hydrogen-bond acceptors (Lipinski definition) is 3. The van der Waals surface area contributed by atoms with Gasteiger partial charge in [0.2, 0.25) is 0 Å². The van der Waals surface area contributed by atoms with Crippen LogP contribution in [-0.2, 0) is 6.54 Å². The number of nitrogens with one attached hydrogen (secondary N) is 1. The Bertz CT molecular complexity index is 286. The summed E-state index contributed by atoms with van der Waals surface area (Å²) in [5.41, 5.74) is 0. The van der Waals surface area contributed by atoms with Crippen molar-refractivity contribution in [1.29, 1.82) is 5.26 Å². The summed E-state index contributed by atoms with van der Waals surface area (Å²) in [6, 6.07) is 2.75. The van der Waals surface area contributed by atoms with Crippen molar-refractivity contribution in [1.82, 2.24) is 14.9 Å². The first kappa shape index (κ1) is 10.7. The molecular weight excluding hydrogens is 176 g/mol. The van der Waals surface area contributed by atoms with Crippen molar-refractivity contribution in [2.45, 2.75) is 38.9 Å². The molecule has 76 valence electrons. The van der Waals surface area contributed by atoms with E-state index >= 15 is 0 Å². The zero-order valence-electron chi connectivity index (χ0n) is 8.64. The second kappa shape index (κ2) is 5.40. The van der Waals surface area contributed by atoms with Crippen molar-refractivity contribution < 1.29 is 0 Å². The maximum Gasteiger partial charge on any atom is 0.0946 e. The van der Waals surface area contributed by atoms with Gasteiger partial charge in [-0.25, -0.2) is 4.98 Å². The molecule has 14 heavy (non-hydrogen) atoms. The fourth-order valence-electron chi connectivity index (χ4n) is 1.45. The van der Waals surface area contributed by atoms with E-state index in [4.69, 9.17) is 5.26 Å². The molecule has 0 aliphatic rings. The molecule has 2 atom stereocenters. The lowest BCUT2D eigenvalue weighted by atomic mass is 10.2. The Hall–Kier alpha value is -1.34. The number of hydrogen-bond donors (Lipinski definition) is 1. The summed E-state index contributed by atoms with van der Waals surface area (Å²) in [4.78, 5) is 3.97. The largest absolute Gasteiger partial charge is 0.336 e. The van der Waals surface area contributed by atoms with Crippen LogP contribution in [0.15, 0.2) is 18.7 Å². The molecule has 0 saturated carbocycles. The molecule has 0 fully saturated rings. The van der Waals surface area contributed by atoms with E-state index in [9.17, 15) is 0 Å². The molecule has 0 aliphatic heterocycles. The predicted molar refractivity (Wildman–Crippen MR) is 54.5 cm³/mol. The smallest absolute Gasteiger partial charge is 0.0946 e. The lowest BCUT2D eigenvalue weighted by molar-refractivity contribution is 0.426. The van der Waals surface area contributed by atoms with E-state index < -0.39 is 0 Å². The fraction of sp³-hybridized carbons (Fsp3) is 0.600. The molecule has 4 nitrogen and oxygen atoms in total. The van der Waals surface area contributed by atoms with Gasteiger partial charge in [0, 0.05) is 31.0 Å². The molecule has 0 aliphatic carbocycles. The first-order chi connectivity index (χ1) is 6.72. The lowest BCUT2D eigenvalue weighted by Crippen LogP contribution is -2.36. The van der Waals surface area contributed by atoms with E-state index in [1.807, 2.05) is 17.7 Å². The second-order valence-corrected chi connectivity index (χ2v) is 3.59. The average Bonchev–Trinajstić information content (AvgIpc) is 2.56. The first-order valence-corrected chi connectivity index (χ1v) is 4.81. The highest BCUT2D eigenvalue weighted by molar-refractivity contribution is 4.81. The van der Waals surface area contributed by atoms with Gasteiger partial charge in [-0.2, -0.15) is 5.26 Å². The Morgan fingerprint density at radius 3 is 2.86 bits per heavy atom. The maximum atomic E-state index is 8.50. The topological polar surface area (TPSA) is 53.6 Å². The second-order valence-electron chi connectivity index (χ2n) is 3.59. The molecule has 0 radical (unpaired) electrons. The first-order valence-electron chi connectivity index (χ1n) is 4.81. The number of aromatic nitrogens is 2. The summed E-state index contributed by atoms with van der Waals surface area (Å²) < 4.78 is 2.02. The molecule has 1 heterocycles. The third-order valence-electron chi connectivity index (χ3n) is 2.01. The van der Waals surface area contributed by atoms with Gasteiger partial charge in [-0.3, -0.25) is 0 Å². The molecule has 1 N–H and O–H groups in total. The Labute approximate surface area is 84.6 Å². The van der Waals surface area contributed by atoms with Crippen LogP contribution < -0.4 is 5.32 Å². The number of rotatable bonds is 5. The molecule has 0 amide bonds. The number of nitrogens with zero attached hydrogens (tertiary/aromatic N) is 3. The third-order valence-corrected chi connectivity index (χ3v) is 2.01. The van der Waals surface area contributed by atoms with Crippen molar-refractivity contribution in [2.75, 3.05) is 0 Å². The molecule has 4 heteroatoms. The number of imidazole rings is 1. The van der Waals surface area contributed by atoms with Crippen LogP contribution in [0.3, 0.4) is 0 Å². The molecule has 2 unspecified atom stereocenters. The molecule has 1 rings (SSSR count).